The second-order valence-electron chi connectivity index (χ2n) is 5.48. The van der Waals surface area contributed by atoms with Crippen LogP contribution in [0, 0.1) is 0 Å². The molecule has 0 bridgehead atoms. The minimum Gasteiger partial charge on any atom is -0.493 e. The van der Waals surface area contributed by atoms with Crippen LogP contribution in [0.15, 0.2) is 22.9 Å². The van der Waals surface area contributed by atoms with Crippen LogP contribution in [0.5, 0.6) is 11.5 Å². The van der Waals surface area contributed by atoms with Gasteiger partial charge in [0.15, 0.2) is 16.5 Å². The van der Waals surface area contributed by atoms with Crippen molar-refractivity contribution in [3.05, 3.63) is 34.0 Å². The van der Waals surface area contributed by atoms with Crippen LogP contribution in [0.4, 0.5) is 0 Å². The number of nitrogens with zero attached hydrogens (tertiary/aromatic N) is 1. The number of fused-ring (bicyclic) bond motifs is 1. The van der Waals surface area contributed by atoms with Gasteiger partial charge in [-0.05, 0) is 36.6 Å². The van der Waals surface area contributed by atoms with Gasteiger partial charge in [-0.3, -0.25) is 0 Å². The molecule has 2 heterocycles. The van der Waals surface area contributed by atoms with Crippen LogP contribution in [0.25, 0.3) is 0 Å². The van der Waals surface area contributed by atoms with E-state index >= 15 is 0 Å². The van der Waals surface area contributed by atoms with E-state index in [1.165, 1.54) is 0 Å². The van der Waals surface area contributed by atoms with Crippen molar-refractivity contribution in [1.82, 2.24) is 4.90 Å². The molecule has 2 unspecified atom stereocenters. The quantitative estimate of drug-likeness (QED) is 0.849. The lowest BCUT2D eigenvalue weighted by molar-refractivity contribution is -0.153. The number of aliphatic hydroxyl groups is 1. The number of aliphatic hydroxyl groups excluding tert-OH is 1. The van der Waals surface area contributed by atoms with E-state index in [0.717, 1.165) is 17.5 Å². The predicted octanol–water partition coefficient (Wildman–Crippen LogP) is 1.95. The van der Waals surface area contributed by atoms with Crippen molar-refractivity contribution in [3.63, 3.8) is 0 Å². The van der Waals surface area contributed by atoms with E-state index in [0.29, 0.717) is 23.7 Å². The first kappa shape index (κ1) is 16.0. The lowest BCUT2D eigenvalue weighted by Gasteiger charge is -2.38. The molecule has 0 aromatic heterocycles. The number of hydrogen-bond acceptors (Lipinski definition) is 6. The van der Waals surface area contributed by atoms with E-state index < -0.39 is 12.3 Å². The van der Waals surface area contributed by atoms with Gasteiger partial charge in [0.1, 0.15) is 5.70 Å². The van der Waals surface area contributed by atoms with Crippen molar-refractivity contribution in [2.45, 2.75) is 25.7 Å². The third kappa shape index (κ3) is 2.52. The highest BCUT2D eigenvalue weighted by molar-refractivity contribution is 6.42. The highest BCUT2D eigenvalue weighted by Crippen LogP contribution is 2.41. The largest absolute Gasteiger partial charge is 0.493 e. The molecule has 23 heavy (non-hydrogen) atoms. The fourth-order valence-corrected chi connectivity index (χ4v) is 3.41. The van der Waals surface area contributed by atoms with Crippen LogP contribution >= 0.6 is 11.6 Å². The SMILES string of the molecule is COc1cc2c(cc1OC)C(C)N(C1=C(Cl)C(=O)OC1O)CC2. The lowest BCUT2D eigenvalue weighted by atomic mass is 9.92. The number of rotatable bonds is 3. The molecule has 0 saturated carbocycles. The van der Waals surface area contributed by atoms with E-state index in [4.69, 9.17) is 25.8 Å². The van der Waals surface area contributed by atoms with Gasteiger partial charge in [0.05, 0.1) is 20.3 Å². The van der Waals surface area contributed by atoms with Crippen molar-refractivity contribution in [1.29, 1.82) is 0 Å². The number of hydrogen-bond donors (Lipinski definition) is 1. The standard InChI is InChI=1S/C16H18ClNO5/c1-8-10-7-12(22-3)11(21-2)6-9(10)4-5-18(8)14-13(17)15(19)23-16(14)20/h6-8,16,20H,4-5H2,1-3H3. The van der Waals surface area contributed by atoms with Gasteiger partial charge in [0.25, 0.3) is 0 Å². The molecule has 0 spiro atoms. The predicted molar refractivity (Wildman–Crippen MR) is 83.3 cm³/mol. The smallest absolute Gasteiger partial charge is 0.354 e. The normalized spacial score (nSPS) is 23.7. The highest BCUT2D eigenvalue weighted by Gasteiger charge is 2.39. The lowest BCUT2D eigenvalue weighted by Crippen LogP contribution is -2.37. The van der Waals surface area contributed by atoms with E-state index in [9.17, 15) is 9.90 Å². The summed E-state index contributed by atoms with van der Waals surface area (Å²) in [4.78, 5) is 13.4. The number of carbonyl (C=O) groups is 1. The molecule has 1 aromatic carbocycles. The molecule has 1 aromatic rings. The zero-order valence-corrected chi connectivity index (χ0v) is 13.9. The summed E-state index contributed by atoms with van der Waals surface area (Å²) in [6.45, 7) is 2.60. The summed E-state index contributed by atoms with van der Waals surface area (Å²) < 4.78 is 15.5. The van der Waals surface area contributed by atoms with E-state index in [1.54, 1.807) is 14.2 Å². The average molecular weight is 340 g/mol. The maximum atomic E-state index is 11.5. The summed E-state index contributed by atoms with van der Waals surface area (Å²) in [7, 11) is 3.19. The Kier molecular flexibility index (Phi) is 4.12. The van der Waals surface area contributed by atoms with Crippen LogP contribution in [0.2, 0.25) is 0 Å². The Hall–Kier alpha value is -1.92. The molecule has 0 amide bonds. The Morgan fingerprint density at radius 3 is 2.52 bits per heavy atom. The van der Waals surface area contributed by atoms with E-state index in [1.807, 2.05) is 24.0 Å². The molecule has 0 radical (unpaired) electrons. The van der Waals surface area contributed by atoms with Gasteiger partial charge in [-0.1, -0.05) is 11.6 Å². The van der Waals surface area contributed by atoms with Gasteiger partial charge in [-0.15, -0.1) is 0 Å². The Bertz CT molecular complexity index is 687. The topological polar surface area (TPSA) is 68.2 Å². The minimum absolute atomic E-state index is 0.0618. The van der Waals surface area contributed by atoms with Crippen molar-refractivity contribution >= 4 is 17.6 Å². The van der Waals surface area contributed by atoms with Crippen LogP contribution in [-0.2, 0) is 16.0 Å². The van der Waals surface area contributed by atoms with E-state index in [-0.39, 0.29) is 11.1 Å². The van der Waals surface area contributed by atoms with Crippen LogP contribution in [-0.4, -0.2) is 43.0 Å². The monoisotopic (exact) mass is 339 g/mol. The maximum absolute atomic E-state index is 11.5. The maximum Gasteiger partial charge on any atom is 0.354 e. The molecule has 6 nitrogen and oxygen atoms in total. The Balaban J connectivity index is 2.01. The van der Waals surface area contributed by atoms with Crippen LogP contribution in [0.3, 0.4) is 0 Å². The first-order chi connectivity index (χ1) is 11.0. The number of ether oxygens (including phenoxy) is 3. The fraction of sp³-hybridized carbons (Fsp3) is 0.438. The second kappa shape index (κ2) is 5.94. The molecule has 2 aliphatic heterocycles. The molecule has 0 saturated heterocycles. The molecule has 1 N–H and O–H groups in total. The summed E-state index contributed by atoms with van der Waals surface area (Å²) in [5, 5.41) is 9.90. The Morgan fingerprint density at radius 1 is 1.30 bits per heavy atom. The van der Waals surface area contributed by atoms with Gasteiger partial charge in [-0.25, -0.2) is 4.79 Å². The first-order valence-corrected chi connectivity index (χ1v) is 7.65. The number of methoxy groups -OCH3 is 2. The summed E-state index contributed by atoms with van der Waals surface area (Å²) >= 11 is 6.01. The number of cyclic esters (lactones) is 1. The summed E-state index contributed by atoms with van der Waals surface area (Å²) in [5.74, 6) is 0.627. The molecule has 3 rings (SSSR count). The third-order valence-electron chi connectivity index (χ3n) is 4.35. The number of esters is 1. The van der Waals surface area contributed by atoms with Crippen molar-refractivity contribution < 1.29 is 24.1 Å². The number of carbonyl (C=O) groups excluding carboxylic acids is 1. The van der Waals surface area contributed by atoms with Gasteiger partial charge < -0.3 is 24.2 Å². The minimum atomic E-state index is -1.32. The highest BCUT2D eigenvalue weighted by atomic mass is 35.5. The van der Waals surface area contributed by atoms with Crippen molar-refractivity contribution in [2.24, 2.45) is 0 Å². The molecule has 0 fully saturated rings. The molecular weight excluding hydrogens is 322 g/mol. The fourth-order valence-electron chi connectivity index (χ4n) is 3.16. The zero-order valence-electron chi connectivity index (χ0n) is 13.1. The molecule has 2 aliphatic rings. The number of halogens is 1. The molecule has 7 heteroatoms. The molecule has 124 valence electrons. The van der Waals surface area contributed by atoms with Gasteiger partial charge in [-0.2, -0.15) is 0 Å². The van der Waals surface area contributed by atoms with Crippen molar-refractivity contribution in [2.75, 3.05) is 20.8 Å². The van der Waals surface area contributed by atoms with E-state index in [2.05, 4.69) is 0 Å². The second-order valence-corrected chi connectivity index (χ2v) is 5.86. The average Bonchev–Trinajstić information content (AvgIpc) is 2.80. The van der Waals surface area contributed by atoms with Crippen LogP contribution < -0.4 is 9.47 Å². The third-order valence-corrected chi connectivity index (χ3v) is 4.70. The van der Waals surface area contributed by atoms with Crippen molar-refractivity contribution in [3.8, 4) is 11.5 Å². The number of benzene rings is 1. The van der Waals surface area contributed by atoms with Crippen LogP contribution in [0.1, 0.15) is 24.1 Å². The molecule has 0 aliphatic carbocycles. The summed E-state index contributed by atoms with van der Waals surface area (Å²) in [5.41, 5.74) is 2.50. The molecule has 2 atom stereocenters. The van der Waals surface area contributed by atoms with Gasteiger partial charge in [0.2, 0.25) is 6.29 Å². The van der Waals surface area contributed by atoms with Gasteiger partial charge in [0, 0.05) is 6.54 Å². The molecular formula is C16H18ClNO5. The summed E-state index contributed by atoms with van der Waals surface area (Å²) in [6.07, 6.45) is -0.589. The summed E-state index contributed by atoms with van der Waals surface area (Å²) in [6, 6.07) is 3.79. The zero-order chi connectivity index (χ0) is 16.7. The van der Waals surface area contributed by atoms with Gasteiger partial charge >= 0.3 is 5.97 Å². The Morgan fingerprint density at radius 2 is 1.96 bits per heavy atom. The first-order valence-electron chi connectivity index (χ1n) is 7.28. The Labute approximate surface area is 139 Å².